The minimum Gasteiger partial charge on any atom is -0.379 e. The summed E-state index contributed by atoms with van der Waals surface area (Å²) in [7, 11) is -3.35. The number of nitrogens with one attached hydrogen (secondary N) is 1. The van der Waals surface area contributed by atoms with Crippen molar-refractivity contribution >= 4 is 15.9 Å². The van der Waals surface area contributed by atoms with Gasteiger partial charge in [0.15, 0.2) is 0 Å². The van der Waals surface area contributed by atoms with Crippen LogP contribution in [0.4, 0.5) is 5.69 Å². The molecular weight excluding hydrogens is 302 g/mol. The summed E-state index contributed by atoms with van der Waals surface area (Å²) in [5.41, 5.74) is 2.68. The fourth-order valence-electron chi connectivity index (χ4n) is 2.99. The average molecular weight is 325 g/mol. The van der Waals surface area contributed by atoms with Crippen LogP contribution in [0, 0.1) is 0 Å². The molecule has 7 heteroatoms. The molecule has 0 amide bonds. The van der Waals surface area contributed by atoms with Crippen LogP contribution in [0.15, 0.2) is 24.3 Å². The quantitative estimate of drug-likeness (QED) is 0.779. The third kappa shape index (κ3) is 3.60. The molecule has 1 saturated heterocycles. The molecule has 0 unspecified atom stereocenters. The number of hydrogen-bond donors (Lipinski definition) is 1. The SMILES string of the molecule is O=S(=O)(NCCCN1CCc2ccccc21)N1CCOCC1. The number of hydrogen-bond acceptors (Lipinski definition) is 4. The third-order valence-electron chi connectivity index (χ3n) is 4.18. The molecule has 2 aliphatic rings. The van der Waals surface area contributed by atoms with Crippen molar-refractivity contribution in [1.82, 2.24) is 9.03 Å². The number of rotatable bonds is 6. The van der Waals surface area contributed by atoms with Crippen molar-refractivity contribution in [3.05, 3.63) is 29.8 Å². The van der Waals surface area contributed by atoms with Crippen LogP contribution in [0.5, 0.6) is 0 Å². The van der Waals surface area contributed by atoms with E-state index >= 15 is 0 Å². The predicted molar refractivity (Wildman–Crippen MR) is 86.3 cm³/mol. The largest absolute Gasteiger partial charge is 0.379 e. The van der Waals surface area contributed by atoms with Crippen LogP contribution in [0.25, 0.3) is 0 Å². The summed E-state index contributed by atoms with van der Waals surface area (Å²) >= 11 is 0. The van der Waals surface area contributed by atoms with Crippen molar-refractivity contribution in [2.45, 2.75) is 12.8 Å². The fraction of sp³-hybridized carbons (Fsp3) is 0.600. The smallest absolute Gasteiger partial charge is 0.279 e. The Balaban J connectivity index is 1.44. The van der Waals surface area contributed by atoms with E-state index in [0.717, 1.165) is 25.9 Å². The predicted octanol–water partition coefficient (Wildman–Crippen LogP) is 0.606. The fourth-order valence-corrected chi connectivity index (χ4v) is 4.20. The lowest BCUT2D eigenvalue weighted by Gasteiger charge is -2.26. The molecule has 0 aromatic heterocycles. The highest BCUT2D eigenvalue weighted by atomic mass is 32.2. The molecule has 1 N–H and O–H groups in total. The van der Waals surface area contributed by atoms with Crippen LogP contribution in [0.1, 0.15) is 12.0 Å². The van der Waals surface area contributed by atoms with Crippen molar-refractivity contribution in [1.29, 1.82) is 0 Å². The molecule has 1 fully saturated rings. The van der Waals surface area contributed by atoms with E-state index in [1.54, 1.807) is 0 Å². The van der Waals surface area contributed by atoms with E-state index in [9.17, 15) is 8.42 Å². The van der Waals surface area contributed by atoms with E-state index in [-0.39, 0.29) is 0 Å². The summed E-state index contributed by atoms with van der Waals surface area (Å²) in [6.45, 7) is 4.21. The van der Waals surface area contributed by atoms with Crippen LogP contribution >= 0.6 is 0 Å². The van der Waals surface area contributed by atoms with Gasteiger partial charge in [0.05, 0.1) is 13.2 Å². The van der Waals surface area contributed by atoms with Crippen molar-refractivity contribution in [3.63, 3.8) is 0 Å². The van der Waals surface area contributed by atoms with E-state index in [2.05, 4.69) is 33.9 Å². The second-order valence-corrected chi connectivity index (χ2v) is 7.39. The minimum atomic E-state index is -3.35. The van der Waals surface area contributed by atoms with Crippen molar-refractivity contribution in [3.8, 4) is 0 Å². The van der Waals surface area contributed by atoms with Gasteiger partial charge in [-0.2, -0.15) is 12.7 Å². The average Bonchev–Trinajstić information content (AvgIpc) is 2.96. The zero-order valence-electron chi connectivity index (χ0n) is 12.7. The van der Waals surface area contributed by atoms with Gasteiger partial charge in [-0.25, -0.2) is 4.72 Å². The van der Waals surface area contributed by atoms with E-state index in [4.69, 9.17) is 4.74 Å². The lowest BCUT2D eigenvalue weighted by atomic mass is 10.2. The second-order valence-electron chi connectivity index (χ2n) is 5.63. The molecule has 1 aromatic rings. The van der Waals surface area contributed by atoms with Gasteiger partial charge < -0.3 is 9.64 Å². The topological polar surface area (TPSA) is 61.9 Å². The zero-order valence-corrected chi connectivity index (χ0v) is 13.5. The van der Waals surface area contributed by atoms with E-state index in [1.807, 2.05) is 0 Å². The Labute approximate surface area is 132 Å². The van der Waals surface area contributed by atoms with E-state index in [0.29, 0.717) is 32.8 Å². The normalized spacial score (nSPS) is 19.4. The Morgan fingerprint density at radius 1 is 1.14 bits per heavy atom. The second kappa shape index (κ2) is 6.95. The number of benzene rings is 1. The van der Waals surface area contributed by atoms with Crippen molar-refractivity contribution in [2.24, 2.45) is 0 Å². The molecule has 22 heavy (non-hydrogen) atoms. The molecule has 0 atom stereocenters. The highest BCUT2D eigenvalue weighted by Crippen LogP contribution is 2.27. The number of fused-ring (bicyclic) bond motifs is 1. The summed E-state index contributed by atoms with van der Waals surface area (Å²) in [6, 6.07) is 8.42. The minimum absolute atomic E-state index is 0.439. The van der Waals surface area contributed by atoms with Crippen LogP contribution in [0.3, 0.4) is 0 Å². The molecule has 3 rings (SSSR count). The highest BCUT2D eigenvalue weighted by Gasteiger charge is 2.23. The standard InChI is InChI=1S/C15H23N3O3S/c19-22(20,18-10-12-21-13-11-18)16-7-3-8-17-9-6-14-4-1-2-5-15(14)17/h1-2,4-5,16H,3,6-13H2. The van der Waals surface area contributed by atoms with Gasteiger partial charge in [-0.15, -0.1) is 0 Å². The first-order valence-corrected chi connectivity index (χ1v) is 9.26. The summed E-state index contributed by atoms with van der Waals surface area (Å²) in [4.78, 5) is 2.33. The Kier molecular flexibility index (Phi) is 4.97. The highest BCUT2D eigenvalue weighted by molar-refractivity contribution is 7.87. The Morgan fingerprint density at radius 2 is 1.91 bits per heavy atom. The van der Waals surface area contributed by atoms with E-state index < -0.39 is 10.2 Å². The maximum atomic E-state index is 12.1. The first-order chi connectivity index (χ1) is 10.7. The lowest BCUT2D eigenvalue weighted by Crippen LogP contribution is -2.47. The molecule has 0 bridgehead atoms. The van der Waals surface area contributed by atoms with E-state index in [1.165, 1.54) is 15.6 Å². The molecule has 0 radical (unpaired) electrons. The number of para-hydroxylation sites is 1. The van der Waals surface area contributed by atoms with Crippen molar-refractivity contribution in [2.75, 3.05) is 50.8 Å². The molecule has 6 nitrogen and oxygen atoms in total. The Hall–Kier alpha value is -1.15. The van der Waals surface area contributed by atoms with Gasteiger partial charge in [0, 0.05) is 38.4 Å². The maximum absolute atomic E-state index is 12.1. The van der Waals surface area contributed by atoms with Gasteiger partial charge in [-0.3, -0.25) is 0 Å². The number of anilines is 1. The van der Waals surface area contributed by atoms with Gasteiger partial charge in [-0.05, 0) is 24.5 Å². The number of nitrogens with zero attached hydrogens (tertiary/aromatic N) is 2. The summed E-state index contributed by atoms with van der Waals surface area (Å²) in [6.07, 6.45) is 1.88. The van der Waals surface area contributed by atoms with Crippen LogP contribution in [-0.2, 0) is 21.4 Å². The van der Waals surface area contributed by atoms with Gasteiger partial charge in [0.2, 0.25) is 0 Å². The summed E-state index contributed by atoms with van der Waals surface area (Å²) in [5.74, 6) is 0. The lowest BCUT2D eigenvalue weighted by molar-refractivity contribution is 0.0725. The number of morpholine rings is 1. The van der Waals surface area contributed by atoms with Gasteiger partial charge in [0.25, 0.3) is 10.2 Å². The van der Waals surface area contributed by atoms with Gasteiger partial charge in [0.1, 0.15) is 0 Å². The summed E-state index contributed by atoms with van der Waals surface area (Å²) in [5, 5.41) is 0. The van der Waals surface area contributed by atoms with Crippen molar-refractivity contribution < 1.29 is 13.2 Å². The first kappa shape index (κ1) is 15.7. The molecule has 1 aromatic carbocycles. The van der Waals surface area contributed by atoms with Crippen LogP contribution in [-0.4, -0.2) is 58.7 Å². The molecule has 0 saturated carbocycles. The summed E-state index contributed by atoms with van der Waals surface area (Å²) < 4.78 is 33.6. The zero-order chi connectivity index (χ0) is 15.4. The first-order valence-electron chi connectivity index (χ1n) is 7.82. The maximum Gasteiger partial charge on any atom is 0.279 e. The molecule has 0 aliphatic carbocycles. The third-order valence-corrected chi connectivity index (χ3v) is 5.80. The molecule has 122 valence electrons. The molecule has 0 spiro atoms. The molecule has 2 aliphatic heterocycles. The Morgan fingerprint density at radius 3 is 2.73 bits per heavy atom. The Bertz CT molecular complexity index is 600. The molecule has 2 heterocycles. The monoisotopic (exact) mass is 325 g/mol. The van der Waals surface area contributed by atoms with Crippen LogP contribution in [0.2, 0.25) is 0 Å². The molecular formula is C15H23N3O3S. The van der Waals surface area contributed by atoms with Crippen LogP contribution < -0.4 is 9.62 Å². The number of ether oxygens (including phenoxy) is 1. The van der Waals surface area contributed by atoms with Gasteiger partial charge >= 0.3 is 0 Å². The van der Waals surface area contributed by atoms with Gasteiger partial charge in [-0.1, -0.05) is 18.2 Å².